The first-order chi connectivity index (χ1) is 11.7. The minimum atomic E-state index is -0.221. The third kappa shape index (κ3) is 3.65. The van der Waals surface area contributed by atoms with Crippen molar-refractivity contribution in [2.45, 2.75) is 19.9 Å². The van der Waals surface area contributed by atoms with Gasteiger partial charge in [-0.25, -0.2) is 0 Å². The van der Waals surface area contributed by atoms with Crippen LogP contribution in [-0.2, 0) is 16.1 Å². The second-order valence-corrected chi connectivity index (χ2v) is 6.11. The van der Waals surface area contributed by atoms with E-state index in [1.54, 1.807) is 4.90 Å². The molecule has 1 atom stereocenters. The zero-order chi connectivity index (χ0) is 16.9. The second kappa shape index (κ2) is 7.30. The number of likely N-dealkylation sites (tertiary alicyclic amines) is 1. The molecule has 0 unspecified atom stereocenters. The summed E-state index contributed by atoms with van der Waals surface area (Å²) in [7, 11) is 0. The summed E-state index contributed by atoms with van der Waals surface area (Å²) in [5, 5.41) is 2.95. The van der Waals surface area contributed by atoms with E-state index >= 15 is 0 Å². The lowest BCUT2D eigenvalue weighted by Gasteiger charge is -2.13. The molecule has 0 aliphatic carbocycles. The molecule has 2 aromatic carbocycles. The van der Waals surface area contributed by atoms with E-state index in [-0.39, 0.29) is 17.7 Å². The Balaban J connectivity index is 1.55. The number of carbonyl (C=O) groups excluding carboxylic acids is 2. The van der Waals surface area contributed by atoms with Crippen LogP contribution < -0.4 is 5.32 Å². The van der Waals surface area contributed by atoms with Crippen molar-refractivity contribution in [3.8, 4) is 11.1 Å². The first kappa shape index (κ1) is 16.2. The van der Waals surface area contributed by atoms with Gasteiger partial charge in [-0.2, -0.15) is 0 Å². The van der Waals surface area contributed by atoms with Crippen molar-refractivity contribution in [1.29, 1.82) is 0 Å². The molecule has 2 amide bonds. The molecule has 4 heteroatoms. The Morgan fingerprint density at radius 2 is 1.75 bits per heavy atom. The maximum Gasteiger partial charge on any atom is 0.225 e. The molecule has 0 aromatic heterocycles. The number of benzene rings is 2. The van der Waals surface area contributed by atoms with E-state index in [1.165, 1.54) is 5.56 Å². The monoisotopic (exact) mass is 322 g/mol. The minimum Gasteiger partial charge on any atom is -0.352 e. The smallest absolute Gasteiger partial charge is 0.225 e. The van der Waals surface area contributed by atoms with Gasteiger partial charge in [0.2, 0.25) is 11.8 Å². The highest BCUT2D eigenvalue weighted by molar-refractivity contribution is 5.89. The van der Waals surface area contributed by atoms with Crippen LogP contribution in [0.25, 0.3) is 11.1 Å². The molecule has 1 fully saturated rings. The van der Waals surface area contributed by atoms with Crippen molar-refractivity contribution in [3.63, 3.8) is 0 Å². The highest BCUT2D eigenvalue weighted by atomic mass is 16.2. The van der Waals surface area contributed by atoms with Crippen LogP contribution in [0.3, 0.4) is 0 Å². The second-order valence-electron chi connectivity index (χ2n) is 6.11. The zero-order valence-electron chi connectivity index (χ0n) is 13.9. The van der Waals surface area contributed by atoms with E-state index in [9.17, 15) is 9.59 Å². The van der Waals surface area contributed by atoms with Crippen LogP contribution in [-0.4, -0.2) is 29.8 Å². The normalized spacial score (nSPS) is 17.1. The van der Waals surface area contributed by atoms with Crippen LogP contribution in [0.5, 0.6) is 0 Å². The van der Waals surface area contributed by atoms with E-state index in [4.69, 9.17) is 0 Å². The SMILES string of the molecule is CCN1C[C@H](C(=O)NCc2ccc(-c3ccccc3)cc2)CC1=O. The number of nitrogens with zero attached hydrogens (tertiary/aromatic N) is 1. The van der Waals surface area contributed by atoms with Gasteiger partial charge in [-0.05, 0) is 23.6 Å². The van der Waals surface area contributed by atoms with Gasteiger partial charge < -0.3 is 10.2 Å². The molecule has 1 N–H and O–H groups in total. The summed E-state index contributed by atoms with van der Waals surface area (Å²) in [6, 6.07) is 18.4. The maximum atomic E-state index is 12.2. The molecule has 1 heterocycles. The number of hydrogen-bond acceptors (Lipinski definition) is 2. The summed E-state index contributed by atoms with van der Waals surface area (Å²) in [5.41, 5.74) is 3.39. The lowest BCUT2D eigenvalue weighted by molar-refractivity contribution is -0.128. The molecule has 0 bridgehead atoms. The van der Waals surface area contributed by atoms with E-state index in [2.05, 4.69) is 29.6 Å². The highest BCUT2D eigenvalue weighted by Crippen LogP contribution is 2.20. The predicted molar refractivity (Wildman–Crippen MR) is 94.1 cm³/mol. The van der Waals surface area contributed by atoms with Crippen molar-refractivity contribution < 1.29 is 9.59 Å². The molecule has 1 aliphatic rings. The largest absolute Gasteiger partial charge is 0.352 e. The number of amides is 2. The molecule has 124 valence electrons. The Labute approximate surface area is 142 Å². The molecular weight excluding hydrogens is 300 g/mol. The third-order valence-electron chi connectivity index (χ3n) is 4.49. The van der Waals surface area contributed by atoms with Gasteiger partial charge in [0.15, 0.2) is 0 Å². The summed E-state index contributed by atoms with van der Waals surface area (Å²) in [6.45, 7) is 3.63. The van der Waals surface area contributed by atoms with E-state index in [0.29, 0.717) is 26.1 Å². The molecular formula is C20H22N2O2. The standard InChI is InChI=1S/C20H22N2O2/c1-2-22-14-18(12-19(22)23)20(24)21-13-15-8-10-17(11-9-15)16-6-4-3-5-7-16/h3-11,18H,2,12-14H2,1H3,(H,21,24)/t18-/m1/s1. The summed E-state index contributed by atoms with van der Waals surface area (Å²) in [6.07, 6.45) is 0.326. The van der Waals surface area contributed by atoms with Crippen molar-refractivity contribution in [1.82, 2.24) is 10.2 Å². The molecule has 24 heavy (non-hydrogen) atoms. The maximum absolute atomic E-state index is 12.2. The van der Waals surface area contributed by atoms with Crippen molar-refractivity contribution in [3.05, 3.63) is 60.2 Å². The topological polar surface area (TPSA) is 49.4 Å². The molecule has 1 aliphatic heterocycles. The Bertz CT molecular complexity index is 710. The number of nitrogens with one attached hydrogen (secondary N) is 1. The van der Waals surface area contributed by atoms with E-state index in [1.807, 2.05) is 37.3 Å². The average molecular weight is 322 g/mol. The Morgan fingerprint density at radius 3 is 2.38 bits per heavy atom. The molecule has 0 saturated carbocycles. The van der Waals surface area contributed by atoms with Crippen LogP contribution in [0.2, 0.25) is 0 Å². The fourth-order valence-corrected chi connectivity index (χ4v) is 3.03. The number of rotatable bonds is 5. The highest BCUT2D eigenvalue weighted by Gasteiger charge is 2.33. The van der Waals surface area contributed by atoms with Gasteiger partial charge in [0.1, 0.15) is 0 Å². The molecule has 2 aromatic rings. The van der Waals surface area contributed by atoms with Crippen molar-refractivity contribution in [2.24, 2.45) is 5.92 Å². The number of carbonyl (C=O) groups is 2. The van der Waals surface area contributed by atoms with Crippen molar-refractivity contribution in [2.75, 3.05) is 13.1 Å². The molecule has 1 saturated heterocycles. The molecule has 0 spiro atoms. The van der Waals surface area contributed by atoms with Crippen LogP contribution in [0.15, 0.2) is 54.6 Å². The van der Waals surface area contributed by atoms with Gasteiger partial charge in [-0.1, -0.05) is 54.6 Å². The van der Waals surface area contributed by atoms with Gasteiger partial charge in [-0.3, -0.25) is 9.59 Å². The van der Waals surface area contributed by atoms with E-state index < -0.39 is 0 Å². The molecule has 0 radical (unpaired) electrons. The van der Waals surface area contributed by atoms with Gasteiger partial charge in [0, 0.05) is 26.1 Å². The van der Waals surface area contributed by atoms with E-state index in [0.717, 1.165) is 11.1 Å². The van der Waals surface area contributed by atoms with Gasteiger partial charge >= 0.3 is 0 Å². The Hall–Kier alpha value is -2.62. The Morgan fingerprint density at radius 1 is 1.08 bits per heavy atom. The molecule has 4 nitrogen and oxygen atoms in total. The summed E-state index contributed by atoms with van der Waals surface area (Å²) < 4.78 is 0. The minimum absolute atomic E-state index is 0.0357. The first-order valence-corrected chi connectivity index (χ1v) is 8.37. The zero-order valence-corrected chi connectivity index (χ0v) is 13.9. The van der Waals surface area contributed by atoms with Crippen molar-refractivity contribution >= 4 is 11.8 Å². The summed E-state index contributed by atoms with van der Waals surface area (Å²) in [5.74, 6) is -0.183. The Kier molecular flexibility index (Phi) is 4.94. The lowest BCUT2D eigenvalue weighted by Crippen LogP contribution is -2.32. The lowest BCUT2D eigenvalue weighted by atomic mass is 10.0. The van der Waals surface area contributed by atoms with Gasteiger partial charge in [0.05, 0.1) is 5.92 Å². The van der Waals surface area contributed by atoms with Crippen LogP contribution in [0, 0.1) is 5.92 Å². The van der Waals surface area contributed by atoms with Crippen LogP contribution >= 0.6 is 0 Å². The fraction of sp³-hybridized carbons (Fsp3) is 0.300. The van der Waals surface area contributed by atoms with Crippen LogP contribution in [0.4, 0.5) is 0 Å². The quantitative estimate of drug-likeness (QED) is 0.920. The van der Waals surface area contributed by atoms with Gasteiger partial charge in [0.25, 0.3) is 0 Å². The first-order valence-electron chi connectivity index (χ1n) is 8.37. The third-order valence-corrected chi connectivity index (χ3v) is 4.49. The van der Waals surface area contributed by atoms with Crippen LogP contribution in [0.1, 0.15) is 18.9 Å². The number of hydrogen-bond donors (Lipinski definition) is 1. The fourth-order valence-electron chi connectivity index (χ4n) is 3.03. The average Bonchev–Trinajstić information content (AvgIpc) is 3.02. The summed E-state index contributed by atoms with van der Waals surface area (Å²) in [4.78, 5) is 25.7. The predicted octanol–water partition coefficient (Wildman–Crippen LogP) is 2.84. The molecule has 3 rings (SSSR count). The van der Waals surface area contributed by atoms with Gasteiger partial charge in [-0.15, -0.1) is 0 Å². The summed E-state index contributed by atoms with van der Waals surface area (Å²) >= 11 is 0.